The number of benzene rings is 1. The van der Waals surface area contributed by atoms with E-state index in [2.05, 4.69) is 28.9 Å². The minimum Gasteiger partial charge on any atom is -0.495 e. The van der Waals surface area contributed by atoms with Crippen LogP contribution in [0.1, 0.15) is 19.7 Å². The van der Waals surface area contributed by atoms with Gasteiger partial charge >= 0.3 is 0 Å². The van der Waals surface area contributed by atoms with E-state index in [-0.39, 0.29) is 0 Å². The molecule has 1 aromatic carbocycles. The summed E-state index contributed by atoms with van der Waals surface area (Å²) in [6, 6.07) is 5.43. The molecular formula is C15H22N4O2. The SMILES string of the molecule is CCN(CC)CCc1noc(-c2ccc(OC)c(N)c2)n1. The Kier molecular flexibility index (Phi) is 5.16. The molecule has 1 heterocycles. The summed E-state index contributed by atoms with van der Waals surface area (Å²) >= 11 is 0. The maximum atomic E-state index is 5.89. The van der Waals surface area contributed by atoms with Gasteiger partial charge in [0.15, 0.2) is 5.82 Å². The smallest absolute Gasteiger partial charge is 0.258 e. The van der Waals surface area contributed by atoms with Crippen molar-refractivity contribution in [1.29, 1.82) is 0 Å². The third-order valence-corrected chi connectivity index (χ3v) is 3.49. The second-order valence-corrected chi connectivity index (χ2v) is 4.75. The highest BCUT2D eigenvalue weighted by Crippen LogP contribution is 2.27. The van der Waals surface area contributed by atoms with E-state index < -0.39 is 0 Å². The largest absolute Gasteiger partial charge is 0.495 e. The van der Waals surface area contributed by atoms with Gasteiger partial charge in [0.25, 0.3) is 5.89 Å². The molecule has 2 N–H and O–H groups in total. The molecule has 6 nitrogen and oxygen atoms in total. The molecule has 21 heavy (non-hydrogen) atoms. The van der Waals surface area contributed by atoms with Gasteiger partial charge in [-0.3, -0.25) is 0 Å². The van der Waals surface area contributed by atoms with E-state index in [4.69, 9.17) is 15.0 Å². The zero-order valence-electron chi connectivity index (χ0n) is 12.8. The Morgan fingerprint density at radius 2 is 2.05 bits per heavy atom. The molecule has 6 heteroatoms. The van der Waals surface area contributed by atoms with E-state index >= 15 is 0 Å². The number of ether oxygens (including phenoxy) is 1. The summed E-state index contributed by atoms with van der Waals surface area (Å²) in [6.07, 6.45) is 0.775. The molecule has 114 valence electrons. The van der Waals surface area contributed by atoms with Crippen molar-refractivity contribution in [3.63, 3.8) is 0 Å². The molecule has 0 fully saturated rings. The molecule has 2 aromatic rings. The Hall–Kier alpha value is -2.08. The predicted molar refractivity (Wildman–Crippen MR) is 82.2 cm³/mol. The number of likely N-dealkylation sites (N-methyl/N-ethyl adjacent to an activating group) is 1. The van der Waals surface area contributed by atoms with Crippen LogP contribution < -0.4 is 10.5 Å². The summed E-state index contributed by atoms with van der Waals surface area (Å²) in [5.74, 6) is 1.84. The number of nitrogens with zero attached hydrogens (tertiary/aromatic N) is 3. The molecule has 0 aliphatic rings. The van der Waals surface area contributed by atoms with Gasteiger partial charge in [0.2, 0.25) is 0 Å². The van der Waals surface area contributed by atoms with Gasteiger partial charge in [-0.25, -0.2) is 0 Å². The van der Waals surface area contributed by atoms with Crippen LogP contribution in [0.5, 0.6) is 5.75 Å². The first-order valence-corrected chi connectivity index (χ1v) is 7.16. The average molecular weight is 290 g/mol. The molecular weight excluding hydrogens is 268 g/mol. The lowest BCUT2D eigenvalue weighted by Crippen LogP contribution is -2.25. The zero-order chi connectivity index (χ0) is 15.2. The molecule has 2 rings (SSSR count). The van der Waals surface area contributed by atoms with Crippen molar-refractivity contribution < 1.29 is 9.26 Å². The summed E-state index contributed by atoms with van der Waals surface area (Å²) in [6.45, 7) is 7.26. The van der Waals surface area contributed by atoms with Crippen molar-refractivity contribution in [1.82, 2.24) is 15.0 Å². The number of methoxy groups -OCH3 is 1. The Morgan fingerprint density at radius 3 is 2.67 bits per heavy atom. The maximum absolute atomic E-state index is 5.89. The number of hydrogen-bond donors (Lipinski definition) is 1. The van der Waals surface area contributed by atoms with E-state index in [0.29, 0.717) is 23.2 Å². The normalized spacial score (nSPS) is 11.0. The van der Waals surface area contributed by atoms with Gasteiger partial charge in [0.1, 0.15) is 5.75 Å². The first-order valence-electron chi connectivity index (χ1n) is 7.16. The van der Waals surface area contributed by atoms with Crippen LogP contribution in [0.15, 0.2) is 22.7 Å². The highest BCUT2D eigenvalue weighted by atomic mass is 16.5. The second-order valence-electron chi connectivity index (χ2n) is 4.75. The third kappa shape index (κ3) is 3.72. The van der Waals surface area contributed by atoms with E-state index in [1.807, 2.05) is 6.07 Å². The lowest BCUT2D eigenvalue weighted by Gasteiger charge is -2.16. The number of anilines is 1. The lowest BCUT2D eigenvalue weighted by atomic mass is 10.2. The van der Waals surface area contributed by atoms with Gasteiger partial charge in [-0.1, -0.05) is 19.0 Å². The number of hydrogen-bond acceptors (Lipinski definition) is 6. The van der Waals surface area contributed by atoms with Crippen LogP contribution in [0.3, 0.4) is 0 Å². The van der Waals surface area contributed by atoms with E-state index in [1.165, 1.54) is 0 Å². The summed E-state index contributed by atoms with van der Waals surface area (Å²) in [7, 11) is 1.59. The molecule has 0 unspecified atom stereocenters. The standard InChI is InChI=1S/C15H22N4O2/c1-4-19(5-2)9-8-14-17-15(21-18-14)11-6-7-13(20-3)12(16)10-11/h6-7,10H,4-5,8-9,16H2,1-3H3. The quantitative estimate of drug-likeness (QED) is 0.788. The van der Waals surface area contributed by atoms with Crippen LogP contribution in [0.25, 0.3) is 11.5 Å². The van der Waals surface area contributed by atoms with Crippen molar-refractivity contribution in [2.75, 3.05) is 32.5 Å². The Balaban J connectivity index is 2.07. The van der Waals surface area contributed by atoms with Gasteiger partial charge in [-0.05, 0) is 31.3 Å². The van der Waals surface area contributed by atoms with Crippen molar-refractivity contribution in [2.24, 2.45) is 0 Å². The Bertz CT molecular complexity index is 579. The highest BCUT2D eigenvalue weighted by Gasteiger charge is 2.11. The topological polar surface area (TPSA) is 77.4 Å². The van der Waals surface area contributed by atoms with Crippen molar-refractivity contribution in [2.45, 2.75) is 20.3 Å². The summed E-state index contributed by atoms with van der Waals surface area (Å²) in [5, 5.41) is 4.02. The van der Waals surface area contributed by atoms with Crippen molar-refractivity contribution >= 4 is 5.69 Å². The minimum atomic E-state index is 0.485. The number of nitrogens with two attached hydrogens (primary N) is 1. The molecule has 0 aliphatic carbocycles. The van der Waals surface area contributed by atoms with E-state index in [1.54, 1.807) is 19.2 Å². The summed E-state index contributed by atoms with van der Waals surface area (Å²) in [5.41, 5.74) is 7.24. The lowest BCUT2D eigenvalue weighted by molar-refractivity contribution is 0.303. The summed E-state index contributed by atoms with van der Waals surface area (Å²) < 4.78 is 10.4. The van der Waals surface area contributed by atoms with Gasteiger partial charge in [0.05, 0.1) is 12.8 Å². The first-order chi connectivity index (χ1) is 10.2. The van der Waals surface area contributed by atoms with Crippen LogP contribution in [0.2, 0.25) is 0 Å². The monoisotopic (exact) mass is 290 g/mol. The van der Waals surface area contributed by atoms with Crippen LogP contribution in [0, 0.1) is 0 Å². The van der Waals surface area contributed by atoms with E-state index in [0.717, 1.165) is 31.6 Å². The first kappa shape index (κ1) is 15.3. The van der Waals surface area contributed by atoms with Crippen molar-refractivity contribution in [3.8, 4) is 17.2 Å². The molecule has 0 radical (unpaired) electrons. The molecule has 0 atom stereocenters. The molecule has 0 saturated heterocycles. The second kappa shape index (κ2) is 7.08. The molecule has 0 bridgehead atoms. The fraction of sp³-hybridized carbons (Fsp3) is 0.467. The van der Waals surface area contributed by atoms with Gasteiger partial charge in [-0.15, -0.1) is 0 Å². The van der Waals surface area contributed by atoms with Crippen LogP contribution in [0.4, 0.5) is 5.69 Å². The van der Waals surface area contributed by atoms with Crippen molar-refractivity contribution in [3.05, 3.63) is 24.0 Å². The number of aromatic nitrogens is 2. The number of rotatable bonds is 7. The molecule has 0 spiro atoms. The molecule has 0 saturated carbocycles. The zero-order valence-corrected chi connectivity index (χ0v) is 12.8. The molecule has 1 aromatic heterocycles. The fourth-order valence-electron chi connectivity index (χ4n) is 2.14. The molecule has 0 amide bonds. The highest BCUT2D eigenvalue weighted by molar-refractivity contribution is 5.65. The van der Waals surface area contributed by atoms with Crippen LogP contribution >= 0.6 is 0 Å². The van der Waals surface area contributed by atoms with Crippen LogP contribution in [-0.2, 0) is 6.42 Å². The number of nitrogen functional groups attached to an aromatic ring is 1. The average Bonchev–Trinajstić information content (AvgIpc) is 2.97. The van der Waals surface area contributed by atoms with Gasteiger partial charge < -0.3 is 19.9 Å². The predicted octanol–water partition coefficient (Wildman–Crippen LogP) is 2.21. The maximum Gasteiger partial charge on any atom is 0.258 e. The van der Waals surface area contributed by atoms with Crippen LogP contribution in [-0.4, -0.2) is 41.8 Å². The van der Waals surface area contributed by atoms with E-state index in [9.17, 15) is 0 Å². The summed E-state index contributed by atoms with van der Waals surface area (Å²) in [4.78, 5) is 6.74. The van der Waals surface area contributed by atoms with Gasteiger partial charge in [0, 0.05) is 18.5 Å². The third-order valence-electron chi connectivity index (χ3n) is 3.49. The molecule has 0 aliphatic heterocycles. The fourth-order valence-corrected chi connectivity index (χ4v) is 2.14. The Labute approximate surface area is 124 Å². The minimum absolute atomic E-state index is 0.485. The van der Waals surface area contributed by atoms with Gasteiger partial charge in [-0.2, -0.15) is 4.98 Å². The Morgan fingerprint density at radius 1 is 1.29 bits per heavy atom.